The maximum Gasteiger partial charge on any atom is 0.236 e. The van der Waals surface area contributed by atoms with Crippen molar-refractivity contribution in [2.45, 2.75) is 19.5 Å². The molecule has 1 amide bonds. The summed E-state index contributed by atoms with van der Waals surface area (Å²) in [5.74, 6) is 0.154. The molecule has 3 heterocycles. The highest BCUT2D eigenvalue weighted by molar-refractivity contribution is 7.09. The van der Waals surface area contributed by atoms with Crippen LogP contribution in [0.25, 0.3) is 0 Å². The van der Waals surface area contributed by atoms with E-state index in [-0.39, 0.29) is 5.91 Å². The van der Waals surface area contributed by atoms with Crippen LogP contribution in [0.5, 0.6) is 0 Å². The van der Waals surface area contributed by atoms with Gasteiger partial charge in [0.25, 0.3) is 0 Å². The second-order valence-corrected chi connectivity index (χ2v) is 6.32. The smallest absolute Gasteiger partial charge is 0.236 e. The Balaban J connectivity index is 1.56. The molecule has 0 saturated heterocycles. The molecule has 0 aliphatic carbocycles. The fraction of sp³-hybridized carbons (Fsp3) is 0.400. The molecule has 3 rings (SSSR count). The molecule has 0 aromatic carbocycles. The molecule has 0 atom stereocenters. The number of likely N-dealkylation sites (N-methyl/N-ethyl adjacent to an activating group) is 1. The largest absolute Gasteiger partial charge is 0.340 e. The van der Waals surface area contributed by atoms with E-state index in [9.17, 15) is 4.79 Å². The Bertz CT molecular complexity index is 614. The fourth-order valence-corrected chi connectivity index (χ4v) is 3.23. The zero-order valence-corrected chi connectivity index (χ0v) is 12.8. The number of fused-ring (bicyclic) bond motifs is 1. The first-order valence-corrected chi connectivity index (χ1v) is 7.87. The van der Waals surface area contributed by atoms with Crippen LogP contribution in [0.4, 0.5) is 0 Å². The van der Waals surface area contributed by atoms with Crippen LogP contribution in [-0.2, 0) is 24.3 Å². The maximum atomic E-state index is 12.3. The van der Waals surface area contributed by atoms with E-state index in [1.54, 1.807) is 22.6 Å². The molecule has 0 radical (unpaired) electrons. The maximum absolute atomic E-state index is 12.3. The molecule has 6 heteroatoms. The second-order valence-electron chi connectivity index (χ2n) is 5.28. The molecular weight excluding hydrogens is 284 g/mol. The molecule has 0 saturated carbocycles. The van der Waals surface area contributed by atoms with Gasteiger partial charge in [0, 0.05) is 31.2 Å². The van der Waals surface area contributed by atoms with Crippen molar-refractivity contribution < 1.29 is 4.79 Å². The quantitative estimate of drug-likeness (QED) is 0.860. The third-order valence-electron chi connectivity index (χ3n) is 3.71. The van der Waals surface area contributed by atoms with Crippen molar-refractivity contribution in [1.29, 1.82) is 0 Å². The Morgan fingerprint density at radius 2 is 2.43 bits per heavy atom. The van der Waals surface area contributed by atoms with Gasteiger partial charge in [0.1, 0.15) is 6.33 Å². The van der Waals surface area contributed by atoms with Gasteiger partial charge in [-0.15, -0.1) is 11.3 Å². The number of aromatic nitrogens is 2. The molecule has 0 bridgehead atoms. The average molecular weight is 302 g/mol. The summed E-state index contributed by atoms with van der Waals surface area (Å²) in [6.07, 6.45) is 4.37. The summed E-state index contributed by atoms with van der Waals surface area (Å²) in [4.78, 5) is 25.8. The van der Waals surface area contributed by atoms with E-state index in [1.165, 1.54) is 10.4 Å². The summed E-state index contributed by atoms with van der Waals surface area (Å²) >= 11 is 1.68. The number of rotatable bonds is 4. The highest BCUT2D eigenvalue weighted by atomic mass is 32.1. The second kappa shape index (κ2) is 6.32. The molecule has 2 aromatic heterocycles. The Hall–Kier alpha value is -1.79. The summed E-state index contributed by atoms with van der Waals surface area (Å²) < 4.78 is 0. The van der Waals surface area contributed by atoms with Crippen molar-refractivity contribution in [3.63, 3.8) is 0 Å². The van der Waals surface area contributed by atoms with E-state index < -0.39 is 0 Å². The third kappa shape index (κ3) is 3.46. The average Bonchev–Trinajstić information content (AvgIpc) is 3.00. The van der Waals surface area contributed by atoms with Crippen LogP contribution in [0, 0.1) is 0 Å². The zero-order chi connectivity index (χ0) is 14.7. The van der Waals surface area contributed by atoms with Crippen molar-refractivity contribution in [2.75, 3.05) is 20.1 Å². The van der Waals surface area contributed by atoms with Gasteiger partial charge in [-0.25, -0.2) is 9.97 Å². The summed E-state index contributed by atoms with van der Waals surface area (Å²) in [5.41, 5.74) is 2.25. The topological polar surface area (TPSA) is 49.3 Å². The van der Waals surface area contributed by atoms with Gasteiger partial charge in [-0.3, -0.25) is 9.69 Å². The van der Waals surface area contributed by atoms with Crippen LogP contribution < -0.4 is 0 Å². The first kappa shape index (κ1) is 14.2. The number of thiophene rings is 1. The van der Waals surface area contributed by atoms with Gasteiger partial charge in [0.2, 0.25) is 5.91 Å². The minimum Gasteiger partial charge on any atom is -0.340 e. The standard InChI is InChI=1S/C15H18N4OS/c1-18(8-13-3-2-6-21-13)15(20)10-19-5-4-12-7-16-11-17-14(12)9-19/h2-3,6-7,11H,4-5,8-10H2,1H3. The van der Waals surface area contributed by atoms with Crippen LogP contribution >= 0.6 is 11.3 Å². The molecule has 2 aromatic rings. The minimum atomic E-state index is 0.154. The summed E-state index contributed by atoms with van der Waals surface area (Å²) in [6.45, 7) is 2.75. The van der Waals surface area contributed by atoms with Crippen molar-refractivity contribution in [3.05, 3.63) is 46.2 Å². The first-order valence-electron chi connectivity index (χ1n) is 6.99. The van der Waals surface area contributed by atoms with Crippen molar-refractivity contribution >= 4 is 17.2 Å². The first-order chi connectivity index (χ1) is 10.2. The van der Waals surface area contributed by atoms with E-state index in [4.69, 9.17) is 0 Å². The molecule has 110 valence electrons. The van der Waals surface area contributed by atoms with E-state index >= 15 is 0 Å². The van der Waals surface area contributed by atoms with Gasteiger partial charge < -0.3 is 4.90 Å². The molecule has 0 N–H and O–H groups in total. The van der Waals surface area contributed by atoms with Gasteiger partial charge in [0.15, 0.2) is 0 Å². The van der Waals surface area contributed by atoms with Crippen LogP contribution in [0.15, 0.2) is 30.0 Å². The van der Waals surface area contributed by atoms with E-state index in [1.807, 2.05) is 24.7 Å². The lowest BCUT2D eigenvalue weighted by Crippen LogP contribution is -2.40. The number of carbonyl (C=O) groups excluding carboxylic acids is 1. The molecule has 1 aliphatic rings. The highest BCUT2D eigenvalue weighted by Gasteiger charge is 2.21. The van der Waals surface area contributed by atoms with E-state index in [0.29, 0.717) is 13.1 Å². The number of amides is 1. The molecular formula is C15H18N4OS. The predicted octanol–water partition coefficient (Wildman–Crippen LogP) is 1.55. The van der Waals surface area contributed by atoms with E-state index in [2.05, 4.69) is 20.9 Å². The number of nitrogens with zero attached hydrogens (tertiary/aromatic N) is 4. The summed E-state index contributed by atoms with van der Waals surface area (Å²) in [6, 6.07) is 4.07. The van der Waals surface area contributed by atoms with Gasteiger partial charge in [-0.2, -0.15) is 0 Å². The molecule has 21 heavy (non-hydrogen) atoms. The highest BCUT2D eigenvalue weighted by Crippen LogP contribution is 2.16. The number of hydrogen-bond donors (Lipinski definition) is 0. The van der Waals surface area contributed by atoms with E-state index in [0.717, 1.165) is 25.2 Å². The van der Waals surface area contributed by atoms with Crippen LogP contribution in [0.3, 0.4) is 0 Å². The van der Waals surface area contributed by atoms with Gasteiger partial charge in [-0.05, 0) is 23.4 Å². The Labute approximate surface area is 128 Å². The molecule has 0 spiro atoms. The number of carbonyl (C=O) groups is 1. The van der Waals surface area contributed by atoms with Crippen molar-refractivity contribution in [1.82, 2.24) is 19.8 Å². The summed E-state index contributed by atoms with van der Waals surface area (Å²) in [7, 11) is 1.86. The minimum absolute atomic E-state index is 0.154. The third-order valence-corrected chi connectivity index (χ3v) is 4.57. The predicted molar refractivity (Wildman–Crippen MR) is 81.8 cm³/mol. The Kier molecular flexibility index (Phi) is 4.26. The summed E-state index contributed by atoms with van der Waals surface area (Å²) in [5, 5.41) is 2.04. The molecule has 0 unspecified atom stereocenters. The van der Waals surface area contributed by atoms with Crippen LogP contribution in [0.2, 0.25) is 0 Å². The van der Waals surface area contributed by atoms with Gasteiger partial charge >= 0.3 is 0 Å². The number of hydrogen-bond acceptors (Lipinski definition) is 5. The molecule has 0 fully saturated rings. The zero-order valence-electron chi connectivity index (χ0n) is 12.0. The monoisotopic (exact) mass is 302 g/mol. The lowest BCUT2D eigenvalue weighted by molar-refractivity contribution is -0.131. The SMILES string of the molecule is CN(Cc1cccs1)C(=O)CN1CCc2cncnc2C1. The lowest BCUT2D eigenvalue weighted by atomic mass is 10.1. The lowest BCUT2D eigenvalue weighted by Gasteiger charge is -2.28. The van der Waals surface area contributed by atoms with Crippen molar-refractivity contribution in [3.8, 4) is 0 Å². The van der Waals surface area contributed by atoms with Crippen molar-refractivity contribution in [2.24, 2.45) is 0 Å². The van der Waals surface area contributed by atoms with Gasteiger partial charge in [0.05, 0.1) is 18.8 Å². The normalized spacial score (nSPS) is 14.7. The van der Waals surface area contributed by atoms with Crippen LogP contribution in [0.1, 0.15) is 16.1 Å². The van der Waals surface area contributed by atoms with Gasteiger partial charge in [-0.1, -0.05) is 6.07 Å². The fourth-order valence-electron chi connectivity index (χ4n) is 2.48. The van der Waals surface area contributed by atoms with Crippen LogP contribution in [-0.4, -0.2) is 45.8 Å². The molecule has 1 aliphatic heterocycles. The Morgan fingerprint density at radius 1 is 1.52 bits per heavy atom. The molecule has 5 nitrogen and oxygen atoms in total. The Morgan fingerprint density at radius 3 is 3.24 bits per heavy atom.